The van der Waals surface area contributed by atoms with Crippen LogP contribution in [0.1, 0.15) is 52.5 Å². The van der Waals surface area contributed by atoms with E-state index in [4.69, 9.17) is 16.3 Å². The van der Waals surface area contributed by atoms with Gasteiger partial charge in [-0.3, -0.25) is 0 Å². The molecule has 118 valence electrons. The summed E-state index contributed by atoms with van der Waals surface area (Å²) in [6.07, 6.45) is 5.46. The average molecular weight is 311 g/mol. The number of nitrogens with zero attached hydrogens (tertiary/aromatic N) is 1. The molecule has 1 aliphatic carbocycles. The summed E-state index contributed by atoms with van der Waals surface area (Å²) in [4.78, 5) is 4.32. The van der Waals surface area contributed by atoms with Crippen molar-refractivity contribution in [2.45, 2.75) is 65.6 Å². The van der Waals surface area contributed by atoms with E-state index in [2.05, 4.69) is 38.0 Å². The minimum Gasteiger partial charge on any atom is -0.474 e. The van der Waals surface area contributed by atoms with E-state index in [9.17, 15) is 0 Å². The molecule has 1 aromatic rings. The second-order valence-electron chi connectivity index (χ2n) is 6.66. The van der Waals surface area contributed by atoms with Gasteiger partial charge in [-0.25, -0.2) is 4.98 Å². The van der Waals surface area contributed by atoms with E-state index in [1.807, 2.05) is 6.07 Å². The van der Waals surface area contributed by atoms with E-state index in [0.29, 0.717) is 16.9 Å². The summed E-state index contributed by atoms with van der Waals surface area (Å²) in [6, 6.07) is 2.40. The molecular weight excluding hydrogens is 284 g/mol. The van der Waals surface area contributed by atoms with Gasteiger partial charge in [0.15, 0.2) is 0 Å². The number of hydrogen-bond acceptors (Lipinski definition) is 3. The van der Waals surface area contributed by atoms with Gasteiger partial charge < -0.3 is 10.1 Å². The standard InChI is InChI=1S/C17H27ClN2O/c1-11(2)19-9-14-8-17(20-10-16(14)18)21-15-6-5-12(3)13(4)7-15/h8,10-13,15,19H,5-7,9H2,1-4H3. The van der Waals surface area contributed by atoms with Crippen molar-refractivity contribution in [3.8, 4) is 5.88 Å². The van der Waals surface area contributed by atoms with Gasteiger partial charge in [0.25, 0.3) is 0 Å². The molecule has 1 aliphatic rings. The van der Waals surface area contributed by atoms with Gasteiger partial charge >= 0.3 is 0 Å². The van der Waals surface area contributed by atoms with Crippen LogP contribution in [-0.2, 0) is 6.54 Å². The molecule has 1 N–H and O–H groups in total. The first-order chi connectivity index (χ1) is 9.95. The van der Waals surface area contributed by atoms with Crippen molar-refractivity contribution in [3.05, 3.63) is 22.8 Å². The zero-order valence-corrected chi connectivity index (χ0v) is 14.3. The number of aromatic nitrogens is 1. The fourth-order valence-corrected chi connectivity index (χ4v) is 2.92. The molecule has 21 heavy (non-hydrogen) atoms. The Morgan fingerprint density at radius 3 is 2.76 bits per heavy atom. The quantitative estimate of drug-likeness (QED) is 0.873. The highest BCUT2D eigenvalue weighted by Gasteiger charge is 2.26. The number of rotatable bonds is 5. The van der Waals surface area contributed by atoms with Crippen molar-refractivity contribution in [1.82, 2.24) is 10.3 Å². The van der Waals surface area contributed by atoms with Gasteiger partial charge in [0.2, 0.25) is 5.88 Å². The summed E-state index contributed by atoms with van der Waals surface area (Å²) in [6.45, 7) is 9.63. The molecule has 0 spiro atoms. The third-order valence-corrected chi connectivity index (χ3v) is 4.79. The fourth-order valence-electron chi connectivity index (χ4n) is 2.75. The summed E-state index contributed by atoms with van der Waals surface area (Å²) in [5.74, 6) is 2.22. The monoisotopic (exact) mass is 310 g/mol. The van der Waals surface area contributed by atoms with E-state index >= 15 is 0 Å². The summed E-state index contributed by atoms with van der Waals surface area (Å²) >= 11 is 6.21. The van der Waals surface area contributed by atoms with Gasteiger partial charge in [-0.05, 0) is 36.7 Å². The van der Waals surface area contributed by atoms with Crippen LogP contribution in [0.25, 0.3) is 0 Å². The summed E-state index contributed by atoms with van der Waals surface area (Å²) in [5.41, 5.74) is 1.05. The Bertz CT molecular complexity index is 464. The molecule has 3 nitrogen and oxygen atoms in total. The van der Waals surface area contributed by atoms with Crippen LogP contribution in [0.15, 0.2) is 12.3 Å². The number of hydrogen-bond donors (Lipinski definition) is 1. The minimum atomic E-state index is 0.288. The lowest BCUT2D eigenvalue weighted by Gasteiger charge is -2.32. The zero-order valence-electron chi connectivity index (χ0n) is 13.5. The minimum absolute atomic E-state index is 0.288. The van der Waals surface area contributed by atoms with E-state index in [0.717, 1.165) is 36.8 Å². The molecule has 0 amide bonds. The van der Waals surface area contributed by atoms with E-state index < -0.39 is 0 Å². The lowest BCUT2D eigenvalue weighted by molar-refractivity contribution is 0.0964. The largest absolute Gasteiger partial charge is 0.474 e. The van der Waals surface area contributed by atoms with Crippen molar-refractivity contribution in [3.63, 3.8) is 0 Å². The zero-order chi connectivity index (χ0) is 15.4. The maximum absolute atomic E-state index is 6.21. The highest BCUT2D eigenvalue weighted by molar-refractivity contribution is 6.31. The van der Waals surface area contributed by atoms with Crippen molar-refractivity contribution in [2.24, 2.45) is 11.8 Å². The summed E-state index contributed by atoms with van der Waals surface area (Å²) in [5, 5.41) is 4.07. The molecule has 1 fully saturated rings. The Kier molecular flexibility index (Phi) is 5.88. The number of ether oxygens (including phenoxy) is 1. The number of pyridine rings is 1. The van der Waals surface area contributed by atoms with Crippen molar-refractivity contribution < 1.29 is 4.74 Å². The summed E-state index contributed by atoms with van der Waals surface area (Å²) in [7, 11) is 0. The van der Waals surface area contributed by atoms with Gasteiger partial charge in [0, 0.05) is 24.8 Å². The lowest BCUT2D eigenvalue weighted by atomic mass is 9.80. The fraction of sp³-hybridized carbons (Fsp3) is 0.706. The highest BCUT2D eigenvalue weighted by Crippen LogP contribution is 2.32. The molecule has 0 aliphatic heterocycles. The second kappa shape index (κ2) is 7.46. The van der Waals surface area contributed by atoms with E-state index in [1.54, 1.807) is 6.20 Å². The van der Waals surface area contributed by atoms with Crippen molar-refractivity contribution in [2.75, 3.05) is 0 Å². The van der Waals surface area contributed by atoms with Gasteiger partial charge in [-0.2, -0.15) is 0 Å². The molecule has 0 bridgehead atoms. The number of nitrogens with one attached hydrogen (secondary N) is 1. The van der Waals surface area contributed by atoms with Gasteiger partial charge in [0.05, 0.1) is 5.02 Å². The van der Waals surface area contributed by atoms with Crippen LogP contribution in [0.5, 0.6) is 5.88 Å². The molecule has 1 aromatic heterocycles. The van der Waals surface area contributed by atoms with Crippen molar-refractivity contribution in [1.29, 1.82) is 0 Å². The smallest absolute Gasteiger partial charge is 0.213 e. The third-order valence-electron chi connectivity index (χ3n) is 4.45. The Morgan fingerprint density at radius 1 is 1.33 bits per heavy atom. The van der Waals surface area contributed by atoms with Crippen LogP contribution in [-0.4, -0.2) is 17.1 Å². The highest BCUT2D eigenvalue weighted by atomic mass is 35.5. The Balaban J connectivity index is 1.98. The normalized spacial score (nSPS) is 26.1. The second-order valence-corrected chi connectivity index (χ2v) is 7.06. The first-order valence-electron chi connectivity index (χ1n) is 8.00. The molecule has 3 unspecified atom stereocenters. The summed E-state index contributed by atoms with van der Waals surface area (Å²) < 4.78 is 6.08. The maximum atomic E-state index is 6.21. The lowest BCUT2D eigenvalue weighted by Crippen LogP contribution is -2.29. The van der Waals surface area contributed by atoms with Gasteiger partial charge in [-0.15, -0.1) is 0 Å². The first-order valence-corrected chi connectivity index (χ1v) is 8.38. The Labute approximate surface area is 133 Å². The molecule has 2 rings (SSSR count). The predicted molar refractivity (Wildman–Crippen MR) is 87.8 cm³/mol. The average Bonchev–Trinajstić information content (AvgIpc) is 2.43. The molecule has 0 saturated heterocycles. The maximum Gasteiger partial charge on any atom is 0.213 e. The topological polar surface area (TPSA) is 34.1 Å². The van der Waals surface area contributed by atoms with Gasteiger partial charge in [-0.1, -0.05) is 39.3 Å². The number of halogens is 1. The van der Waals surface area contributed by atoms with Gasteiger partial charge in [0.1, 0.15) is 6.10 Å². The van der Waals surface area contributed by atoms with Crippen LogP contribution >= 0.6 is 11.6 Å². The first kappa shape index (κ1) is 16.6. The molecule has 3 atom stereocenters. The van der Waals surface area contributed by atoms with Crippen LogP contribution in [0.4, 0.5) is 0 Å². The van der Waals surface area contributed by atoms with Crippen molar-refractivity contribution >= 4 is 11.6 Å². The van der Waals surface area contributed by atoms with Crippen LogP contribution in [0, 0.1) is 11.8 Å². The molecule has 1 saturated carbocycles. The van der Waals surface area contributed by atoms with Crippen LogP contribution in [0.2, 0.25) is 5.02 Å². The van der Waals surface area contributed by atoms with Crippen LogP contribution < -0.4 is 10.1 Å². The van der Waals surface area contributed by atoms with E-state index in [1.165, 1.54) is 6.42 Å². The molecule has 0 aromatic carbocycles. The predicted octanol–water partition coefficient (Wildman–Crippen LogP) is 4.44. The third kappa shape index (κ3) is 4.86. The van der Waals surface area contributed by atoms with Crippen LogP contribution in [0.3, 0.4) is 0 Å². The molecular formula is C17H27ClN2O. The Hall–Kier alpha value is -0.800. The SMILES string of the molecule is CC(C)NCc1cc(OC2CCC(C)C(C)C2)ncc1Cl. The molecule has 4 heteroatoms. The Morgan fingerprint density at radius 2 is 2.10 bits per heavy atom. The molecule has 0 radical (unpaired) electrons. The molecule has 1 heterocycles. The van der Waals surface area contributed by atoms with E-state index in [-0.39, 0.29) is 6.10 Å².